The molecule has 0 saturated carbocycles. The van der Waals surface area contributed by atoms with E-state index in [9.17, 15) is 4.21 Å². The molecule has 0 aliphatic rings. The fraction of sp³-hybridized carbons (Fsp3) is 0.111. The maximum absolute atomic E-state index is 12.9. The summed E-state index contributed by atoms with van der Waals surface area (Å²) in [7, 11) is -1.08. The van der Waals surface area contributed by atoms with Gasteiger partial charge in [-0.2, -0.15) is 0 Å². The van der Waals surface area contributed by atoms with Gasteiger partial charge in [0.2, 0.25) is 0 Å². The van der Waals surface area contributed by atoms with E-state index in [0.29, 0.717) is 5.75 Å². The summed E-state index contributed by atoms with van der Waals surface area (Å²) in [6, 6.07) is 23.7. The molecule has 0 unspecified atom stereocenters. The number of hydrogen-bond acceptors (Lipinski definition) is 2. The van der Waals surface area contributed by atoms with Gasteiger partial charge in [-0.15, -0.1) is 0 Å². The van der Waals surface area contributed by atoms with Gasteiger partial charge in [0.05, 0.1) is 17.3 Å². The molecule has 1 aromatic heterocycles. The lowest BCUT2D eigenvalue weighted by Crippen LogP contribution is -2.10. The molecule has 2 nitrogen and oxygen atoms in total. The summed E-state index contributed by atoms with van der Waals surface area (Å²) in [6.07, 6.45) is 1.62. The van der Waals surface area contributed by atoms with E-state index in [-0.39, 0.29) is 5.25 Å². The van der Waals surface area contributed by atoms with E-state index in [0.717, 1.165) is 16.9 Å². The molecular formula is C18H16O2S. The zero-order valence-corrected chi connectivity index (χ0v) is 12.3. The first-order valence-corrected chi connectivity index (χ1v) is 8.22. The Morgan fingerprint density at radius 3 is 1.86 bits per heavy atom. The molecule has 106 valence electrons. The van der Waals surface area contributed by atoms with Crippen molar-refractivity contribution in [3.63, 3.8) is 0 Å². The zero-order chi connectivity index (χ0) is 14.5. The third kappa shape index (κ3) is 3.31. The van der Waals surface area contributed by atoms with Gasteiger partial charge in [-0.3, -0.25) is 4.21 Å². The van der Waals surface area contributed by atoms with E-state index in [2.05, 4.69) is 0 Å². The lowest BCUT2D eigenvalue weighted by Gasteiger charge is -2.17. The Bertz CT molecular complexity index is 651. The van der Waals surface area contributed by atoms with Crippen LogP contribution in [0.4, 0.5) is 0 Å². The number of rotatable bonds is 5. The molecule has 0 fully saturated rings. The van der Waals surface area contributed by atoms with Gasteiger partial charge < -0.3 is 4.42 Å². The van der Waals surface area contributed by atoms with E-state index in [1.165, 1.54) is 0 Å². The fourth-order valence-corrected chi connectivity index (χ4v) is 3.90. The predicted octanol–water partition coefficient (Wildman–Crippen LogP) is 4.32. The number of hydrogen-bond donors (Lipinski definition) is 0. The summed E-state index contributed by atoms with van der Waals surface area (Å²) in [5.41, 5.74) is 2.13. The van der Waals surface area contributed by atoms with Crippen molar-refractivity contribution in [2.45, 2.75) is 11.0 Å². The van der Waals surface area contributed by atoms with Crippen molar-refractivity contribution in [2.24, 2.45) is 0 Å². The van der Waals surface area contributed by atoms with Gasteiger partial charge in [-0.1, -0.05) is 60.7 Å². The SMILES string of the molecule is O=[S@@](Cc1ccco1)C(c1ccccc1)c1ccccc1. The molecule has 2 aromatic carbocycles. The Hall–Kier alpha value is -2.13. The molecule has 0 bridgehead atoms. The van der Waals surface area contributed by atoms with Crippen molar-refractivity contribution in [2.75, 3.05) is 0 Å². The van der Waals surface area contributed by atoms with Crippen LogP contribution in [-0.4, -0.2) is 4.21 Å². The van der Waals surface area contributed by atoms with Crippen molar-refractivity contribution in [1.29, 1.82) is 0 Å². The van der Waals surface area contributed by atoms with Crippen LogP contribution in [0.5, 0.6) is 0 Å². The predicted molar refractivity (Wildman–Crippen MR) is 85.3 cm³/mol. The Kier molecular flexibility index (Phi) is 4.31. The summed E-state index contributed by atoms with van der Waals surface area (Å²) in [5.74, 6) is 1.17. The third-order valence-electron chi connectivity index (χ3n) is 3.33. The Morgan fingerprint density at radius 1 is 0.810 bits per heavy atom. The van der Waals surface area contributed by atoms with Crippen LogP contribution >= 0.6 is 0 Å². The van der Waals surface area contributed by atoms with Crippen molar-refractivity contribution < 1.29 is 8.63 Å². The molecular weight excluding hydrogens is 280 g/mol. The third-order valence-corrected chi connectivity index (χ3v) is 4.97. The summed E-state index contributed by atoms with van der Waals surface area (Å²) < 4.78 is 18.2. The number of furan rings is 1. The minimum atomic E-state index is -1.08. The summed E-state index contributed by atoms with van der Waals surface area (Å²) >= 11 is 0. The van der Waals surface area contributed by atoms with Gasteiger partial charge >= 0.3 is 0 Å². The van der Waals surface area contributed by atoms with Gasteiger partial charge in [0.15, 0.2) is 0 Å². The van der Waals surface area contributed by atoms with Gasteiger partial charge in [-0.05, 0) is 23.3 Å². The van der Waals surface area contributed by atoms with Crippen molar-refractivity contribution in [3.8, 4) is 0 Å². The maximum atomic E-state index is 12.9. The van der Waals surface area contributed by atoms with Crippen LogP contribution in [0.15, 0.2) is 83.5 Å². The minimum Gasteiger partial charge on any atom is -0.468 e. The molecule has 0 N–H and O–H groups in total. The van der Waals surface area contributed by atoms with Crippen LogP contribution in [-0.2, 0) is 16.6 Å². The molecule has 3 rings (SSSR count). The van der Waals surface area contributed by atoms with Crippen LogP contribution in [0.3, 0.4) is 0 Å². The zero-order valence-electron chi connectivity index (χ0n) is 11.5. The highest BCUT2D eigenvalue weighted by Crippen LogP contribution is 2.29. The average molecular weight is 296 g/mol. The van der Waals surface area contributed by atoms with E-state index >= 15 is 0 Å². The maximum Gasteiger partial charge on any atom is 0.116 e. The smallest absolute Gasteiger partial charge is 0.116 e. The molecule has 3 aromatic rings. The summed E-state index contributed by atoms with van der Waals surface area (Å²) in [5, 5.41) is -0.141. The number of benzene rings is 2. The van der Waals surface area contributed by atoms with Crippen LogP contribution in [0.1, 0.15) is 22.1 Å². The van der Waals surface area contributed by atoms with E-state index in [1.807, 2.05) is 72.8 Å². The second-order valence-corrected chi connectivity index (χ2v) is 6.33. The minimum absolute atomic E-state index is 0.141. The fourth-order valence-electron chi connectivity index (χ4n) is 2.37. The molecule has 0 spiro atoms. The lowest BCUT2D eigenvalue weighted by molar-refractivity contribution is 0.527. The van der Waals surface area contributed by atoms with Crippen LogP contribution in [0, 0.1) is 0 Å². The second-order valence-electron chi connectivity index (χ2n) is 4.81. The van der Waals surface area contributed by atoms with Crippen LogP contribution < -0.4 is 0 Å². The molecule has 0 amide bonds. The topological polar surface area (TPSA) is 30.2 Å². The lowest BCUT2D eigenvalue weighted by atomic mass is 10.0. The molecule has 0 aliphatic carbocycles. The van der Waals surface area contributed by atoms with E-state index in [4.69, 9.17) is 4.42 Å². The quantitative estimate of drug-likeness (QED) is 0.702. The first kappa shape index (κ1) is 13.8. The van der Waals surface area contributed by atoms with E-state index < -0.39 is 10.8 Å². The molecule has 21 heavy (non-hydrogen) atoms. The summed E-state index contributed by atoms with van der Waals surface area (Å²) in [6.45, 7) is 0. The van der Waals surface area contributed by atoms with Gasteiger partial charge in [0.25, 0.3) is 0 Å². The first-order valence-electron chi connectivity index (χ1n) is 6.84. The highest BCUT2D eigenvalue weighted by molar-refractivity contribution is 7.84. The highest BCUT2D eigenvalue weighted by atomic mass is 32.2. The molecule has 1 heterocycles. The normalized spacial score (nSPS) is 12.4. The van der Waals surface area contributed by atoms with Crippen molar-refractivity contribution >= 4 is 10.8 Å². The van der Waals surface area contributed by atoms with Gasteiger partial charge in [0.1, 0.15) is 5.76 Å². The molecule has 1 atom stereocenters. The summed E-state index contributed by atoms with van der Waals surface area (Å²) in [4.78, 5) is 0. The largest absolute Gasteiger partial charge is 0.468 e. The van der Waals surface area contributed by atoms with E-state index in [1.54, 1.807) is 6.26 Å². The monoisotopic (exact) mass is 296 g/mol. The second kappa shape index (κ2) is 6.55. The molecule has 0 aliphatic heterocycles. The highest BCUT2D eigenvalue weighted by Gasteiger charge is 2.21. The van der Waals surface area contributed by atoms with Gasteiger partial charge in [0, 0.05) is 10.8 Å². The van der Waals surface area contributed by atoms with Gasteiger partial charge in [-0.25, -0.2) is 0 Å². The standard InChI is InChI=1S/C18H16O2S/c19-21(14-17-12-7-13-20-17)18(15-8-3-1-4-9-15)16-10-5-2-6-11-16/h1-13,18H,14H2/t21-/m0/s1. The molecule has 0 radical (unpaired) electrons. The average Bonchev–Trinajstić information content (AvgIpc) is 3.02. The van der Waals surface area contributed by atoms with Crippen LogP contribution in [0.25, 0.3) is 0 Å². The molecule has 0 saturated heterocycles. The Labute approximate surface area is 126 Å². The Morgan fingerprint density at radius 2 is 1.38 bits per heavy atom. The molecule has 3 heteroatoms. The Balaban J connectivity index is 1.95. The van der Waals surface area contributed by atoms with Crippen molar-refractivity contribution in [1.82, 2.24) is 0 Å². The van der Waals surface area contributed by atoms with Crippen molar-refractivity contribution in [3.05, 3.63) is 95.9 Å². The first-order chi connectivity index (χ1) is 10.3. The van der Waals surface area contributed by atoms with Crippen LogP contribution in [0.2, 0.25) is 0 Å².